The number of aromatic amines is 1. The summed E-state index contributed by atoms with van der Waals surface area (Å²) in [6.07, 6.45) is 4.80. The number of benzene rings is 1. The molecule has 0 bridgehead atoms. The number of fused-ring (bicyclic) bond motifs is 1. The molecule has 108 valence electrons. The van der Waals surface area contributed by atoms with Crippen LogP contribution in [-0.4, -0.2) is 37.4 Å². The molecule has 0 aliphatic rings. The highest BCUT2D eigenvalue weighted by atomic mass is 32.2. The van der Waals surface area contributed by atoms with Crippen molar-refractivity contribution < 1.29 is 4.21 Å². The number of nitrogens with one attached hydrogen (secondary N) is 1. The van der Waals surface area contributed by atoms with Crippen molar-refractivity contribution in [3.63, 3.8) is 0 Å². The van der Waals surface area contributed by atoms with Crippen molar-refractivity contribution in [3.05, 3.63) is 42.5 Å². The normalized spacial score (nSPS) is 12.5. The lowest BCUT2D eigenvalue weighted by molar-refractivity contribution is 0.687. The van der Waals surface area contributed by atoms with Crippen LogP contribution in [0.25, 0.3) is 11.2 Å². The van der Waals surface area contributed by atoms with Crippen molar-refractivity contribution in [2.45, 2.75) is 11.4 Å². The molecule has 1 aromatic carbocycles. The number of hydrogen-bond donors (Lipinski definition) is 1. The smallest absolute Gasteiger partial charge is 0.182 e. The lowest BCUT2D eigenvalue weighted by atomic mass is 10.2. The number of H-pyrrole nitrogens is 1. The van der Waals surface area contributed by atoms with Gasteiger partial charge in [-0.2, -0.15) is 0 Å². The molecular weight excluding hydrogens is 286 g/mol. The summed E-state index contributed by atoms with van der Waals surface area (Å²) >= 11 is 0. The predicted octanol–water partition coefficient (Wildman–Crippen LogP) is 1.73. The second-order valence-electron chi connectivity index (χ2n) is 4.75. The standard InChI is InChI=1S/C14H15N5OS/c1-19(7-10-3-5-11(6-4-10)21(2)20)14-12-13(16-8-15-12)17-9-18-14/h3-6,8-9H,7H2,1-2H3,(H,15,16,17,18)/t21-/m1/s1. The van der Waals surface area contributed by atoms with Gasteiger partial charge in [-0.1, -0.05) is 12.1 Å². The van der Waals surface area contributed by atoms with Crippen LogP contribution < -0.4 is 4.90 Å². The highest BCUT2D eigenvalue weighted by molar-refractivity contribution is 7.84. The number of anilines is 1. The molecule has 3 rings (SSSR count). The second kappa shape index (κ2) is 5.61. The van der Waals surface area contributed by atoms with Gasteiger partial charge in [0.25, 0.3) is 0 Å². The molecule has 7 heteroatoms. The molecule has 0 aliphatic heterocycles. The van der Waals surface area contributed by atoms with Crippen LogP contribution in [0.4, 0.5) is 5.82 Å². The van der Waals surface area contributed by atoms with E-state index in [1.165, 1.54) is 6.33 Å². The summed E-state index contributed by atoms with van der Waals surface area (Å²) in [6, 6.07) is 7.76. The Bertz CT molecular complexity index is 783. The van der Waals surface area contributed by atoms with E-state index in [2.05, 4.69) is 19.9 Å². The van der Waals surface area contributed by atoms with Crippen LogP contribution in [0.2, 0.25) is 0 Å². The third-order valence-electron chi connectivity index (χ3n) is 3.24. The zero-order valence-electron chi connectivity index (χ0n) is 11.8. The summed E-state index contributed by atoms with van der Waals surface area (Å²) in [5.41, 5.74) is 2.60. The fourth-order valence-corrected chi connectivity index (χ4v) is 2.70. The van der Waals surface area contributed by atoms with Crippen molar-refractivity contribution in [2.75, 3.05) is 18.2 Å². The quantitative estimate of drug-likeness (QED) is 0.794. The summed E-state index contributed by atoms with van der Waals surface area (Å²) in [4.78, 5) is 18.5. The molecule has 0 radical (unpaired) electrons. The SMILES string of the molecule is CN(Cc1ccc([S@@](C)=O)cc1)c1ncnc2nc[nH]c12. The van der Waals surface area contributed by atoms with Crippen molar-refractivity contribution >= 4 is 27.8 Å². The van der Waals surface area contributed by atoms with Crippen molar-refractivity contribution in [2.24, 2.45) is 0 Å². The second-order valence-corrected chi connectivity index (χ2v) is 6.13. The minimum Gasteiger partial charge on any atom is -0.353 e. The van der Waals surface area contributed by atoms with Crippen molar-refractivity contribution in [1.82, 2.24) is 19.9 Å². The first-order chi connectivity index (χ1) is 10.1. The van der Waals surface area contributed by atoms with Crippen LogP contribution in [0, 0.1) is 0 Å². The van der Waals surface area contributed by atoms with E-state index in [1.54, 1.807) is 12.6 Å². The summed E-state index contributed by atoms with van der Waals surface area (Å²) in [5, 5.41) is 0. The predicted molar refractivity (Wildman–Crippen MR) is 82.6 cm³/mol. The van der Waals surface area contributed by atoms with Crippen LogP contribution in [0.15, 0.2) is 41.8 Å². The van der Waals surface area contributed by atoms with E-state index >= 15 is 0 Å². The molecule has 2 aromatic heterocycles. The fraction of sp³-hybridized carbons (Fsp3) is 0.214. The minimum absolute atomic E-state index is 0.656. The maximum atomic E-state index is 11.4. The number of hydrogen-bond acceptors (Lipinski definition) is 5. The Labute approximate surface area is 124 Å². The van der Waals surface area contributed by atoms with Gasteiger partial charge in [0.05, 0.1) is 6.33 Å². The number of rotatable bonds is 4. The molecule has 0 saturated carbocycles. The van der Waals surface area contributed by atoms with Gasteiger partial charge >= 0.3 is 0 Å². The third-order valence-corrected chi connectivity index (χ3v) is 4.18. The molecule has 21 heavy (non-hydrogen) atoms. The first-order valence-electron chi connectivity index (χ1n) is 6.43. The summed E-state index contributed by atoms with van der Waals surface area (Å²) < 4.78 is 11.4. The summed E-state index contributed by atoms with van der Waals surface area (Å²) in [7, 11) is 1.02. The largest absolute Gasteiger partial charge is 0.353 e. The van der Waals surface area contributed by atoms with E-state index < -0.39 is 10.8 Å². The highest BCUT2D eigenvalue weighted by Gasteiger charge is 2.10. The van der Waals surface area contributed by atoms with Gasteiger partial charge < -0.3 is 9.88 Å². The first kappa shape index (κ1) is 13.7. The van der Waals surface area contributed by atoms with Crippen LogP contribution in [0.3, 0.4) is 0 Å². The van der Waals surface area contributed by atoms with Crippen molar-refractivity contribution in [1.29, 1.82) is 0 Å². The Kier molecular flexibility index (Phi) is 3.66. The van der Waals surface area contributed by atoms with Crippen LogP contribution in [0.5, 0.6) is 0 Å². The lowest BCUT2D eigenvalue weighted by Gasteiger charge is -2.18. The molecule has 1 N–H and O–H groups in total. The molecule has 0 amide bonds. The number of aromatic nitrogens is 4. The van der Waals surface area contributed by atoms with Gasteiger partial charge in [-0.25, -0.2) is 15.0 Å². The Morgan fingerprint density at radius 3 is 2.67 bits per heavy atom. The Morgan fingerprint density at radius 1 is 1.19 bits per heavy atom. The van der Waals surface area contributed by atoms with Gasteiger partial charge in [0.1, 0.15) is 11.8 Å². The first-order valence-corrected chi connectivity index (χ1v) is 7.98. The van der Waals surface area contributed by atoms with E-state index in [0.29, 0.717) is 12.2 Å². The molecule has 0 unspecified atom stereocenters. The number of imidazole rings is 1. The van der Waals surface area contributed by atoms with Gasteiger partial charge in [0.2, 0.25) is 0 Å². The van der Waals surface area contributed by atoms with Crippen molar-refractivity contribution in [3.8, 4) is 0 Å². The molecule has 0 saturated heterocycles. The molecule has 0 spiro atoms. The topological polar surface area (TPSA) is 74.8 Å². The van der Waals surface area contributed by atoms with E-state index in [4.69, 9.17) is 0 Å². The number of nitrogens with zero attached hydrogens (tertiary/aromatic N) is 4. The van der Waals surface area contributed by atoms with Gasteiger partial charge in [-0.3, -0.25) is 4.21 Å². The summed E-state index contributed by atoms with van der Waals surface area (Å²) in [6.45, 7) is 0.696. The van der Waals surface area contributed by atoms with Gasteiger partial charge in [-0.15, -0.1) is 0 Å². The molecular formula is C14H15N5OS. The van der Waals surface area contributed by atoms with Crippen LogP contribution in [-0.2, 0) is 17.3 Å². The van der Waals surface area contributed by atoms with E-state index in [0.717, 1.165) is 21.8 Å². The molecule has 2 heterocycles. The van der Waals surface area contributed by atoms with Crippen LogP contribution in [0.1, 0.15) is 5.56 Å². The van der Waals surface area contributed by atoms with E-state index in [-0.39, 0.29) is 0 Å². The molecule has 3 aromatic rings. The zero-order valence-corrected chi connectivity index (χ0v) is 12.6. The average Bonchev–Trinajstić information content (AvgIpc) is 2.96. The fourth-order valence-electron chi connectivity index (χ4n) is 2.18. The maximum Gasteiger partial charge on any atom is 0.182 e. The van der Waals surface area contributed by atoms with Gasteiger partial charge in [-0.05, 0) is 17.7 Å². The molecule has 0 fully saturated rings. The Hall–Kier alpha value is -2.28. The molecule has 6 nitrogen and oxygen atoms in total. The summed E-state index contributed by atoms with van der Waals surface area (Å²) in [5.74, 6) is 0.806. The Balaban J connectivity index is 1.84. The van der Waals surface area contributed by atoms with Gasteiger partial charge in [0, 0.05) is 35.5 Å². The van der Waals surface area contributed by atoms with E-state index in [9.17, 15) is 4.21 Å². The molecule has 1 atom stereocenters. The van der Waals surface area contributed by atoms with Gasteiger partial charge in [0.15, 0.2) is 11.5 Å². The molecule has 0 aliphatic carbocycles. The third kappa shape index (κ3) is 2.78. The Morgan fingerprint density at radius 2 is 1.95 bits per heavy atom. The highest BCUT2D eigenvalue weighted by Crippen LogP contribution is 2.20. The maximum absolute atomic E-state index is 11.4. The monoisotopic (exact) mass is 301 g/mol. The van der Waals surface area contributed by atoms with E-state index in [1.807, 2.05) is 36.2 Å². The lowest BCUT2D eigenvalue weighted by Crippen LogP contribution is -2.18. The average molecular weight is 301 g/mol. The minimum atomic E-state index is -0.947. The zero-order chi connectivity index (χ0) is 14.8. The van der Waals surface area contributed by atoms with Crippen LogP contribution >= 0.6 is 0 Å².